The first-order valence-electron chi connectivity index (χ1n) is 7.58. The van der Waals surface area contributed by atoms with Gasteiger partial charge in [-0.15, -0.1) is 0 Å². The minimum Gasteiger partial charge on any atom is -0.351 e. The van der Waals surface area contributed by atoms with Gasteiger partial charge in [0.15, 0.2) is 0 Å². The van der Waals surface area contributed by atoms with E-state index >= 15 is 0 Å². The van der Waals surface area contributed by atoms with Crippen molar-refractivity contribution in [3.05, 3.63) is 11.8 Å². The number of hydrogen-bond donors (Lipinski definition) is 2. The van der Waals surface area contributed by atoms with Gasteiger partial charge >= 0.3 is 6.03 Å². The molecule has 20 heavy (non-hydrogen) atoms. The van der Waals surface area contributed by atoms with Gasteiger partial charge in [-0.05, 0) is 38.8 Å². The molecule has 0 unspecified atom stereocenters. The van der Waals surface area contributed by atoms with E-state index in [1.54, 1.807) is 4.90 Å². The van der Waals surface area contributed by atoms with Gasteiger partial charge in [-0.1, -0.05) is 6.42 Å². The van der Waals surface area contributed by atoms with Crippen LogP contribution >= 0.6 is 0 Å². The molecule has 3 N–H and O–H groups in total. The first kappa shape index (κ1) is 13.4. The predicted molar refractivity (Wildman–Crippen MR) is 77.8 cm³/mol. The molecule has 1 aromatic heterocycles. The highest BCUT2D eigenvalue weighted by Crippen LogP contribution is 2.39. The fraction of sp³-hybridized carbons (Fsp3) is 0.714. The number of nitrogens with zero attached hydrogens (tertiary/aromatic N) is 3. The number of likely N-dealkylation sites (tertiary alicyclic amines) is 1. The lowest BCUT2D eigenvalue weighted by Gasteiger charge is -2.28. The molecule has 1 aromatic rings. The molecule has 0 aromatic carbocycles. The second-order valence-corrected chi connectivity index (χ2v) is 5.84. The Balaban J connectivity index is 1.60. The van der Waals surface area contributed by atoms with Crippen LogP contribution in [0.3, 0.4) is 0 Å². The van der Waals surface area contributed by atoms with Crippen molar-refractivity contribution in [1.82, 2.24) is 15.1 Å². The van der Waals surface area contributed by atoms with E-state index in [4.69, 9.17) is 5.73 Å². The van der Waals surface area contributed by atoms with E-state index < -0.39 is 6.03 Å². The van der Waals surface area contributed by atoms with Crippen LogP contribution in [0.15, 0.2) is 6.07 Å². The number of hydrogen-bond acceptors (Lipinski definition) is 3. The van der Waals surface area contributed by atoms with Crippen LogP contribution in [-0.4, -0.2) is 47.3 Å². The van der Waals surface area contributed by atoms with E-state index in [0.29, 0.717) is 12.5 Å². The molecule has 2 aliphatic rings. The number of nitrogens with two attached hydrogens (primary N) is 1. The van der Waals surface area contributed by atoms with Crippen molar-refractivity contribution >= 4 is 11.8 Å². The lowest BCUT2D eigenvalue weighted by Crippen LogP contribution is -2.43. The van der Waals surface area contributed by atoms with Crippen molar-refractivity contribution in [3.8, 4) is 0 Å². The molecule has 6 heteroatoms. The number of nitrogens with one attached hydrogen (secondary N) is 1. The summed E-state index contributed by atoms with van der Waals surface area (Å²) in [6.07, 6.45) is 6.24. The number of anilines is 1. The maximum atomic E-state index is 11.6. The summed E-state index contributed by atoms with van der Waals surface area (Å²) >= 11 is 0. The number of carbonyl (C=O) groups is 1. The summed E-state index contributed by atoms with van der Waals surface area (Å²) in [4.78, 5) is 15.7. The van der Waals surface area contributed by atoms with Gasteiger partial charge in [-0.25, -0.2) is 4.79 Å². The molecule has 0 radical (unpaired) electrons. The summed E-state index contributed by atoms with van der Waals surface area (Å²) in [5.74, 6) is 1.31. The van der Waals surface area contributed by atoms with Crippen LogP contribution in [-0.2, 0) is 0 Å². The number of aromatic nitrogens is 2. The fourth-order valence-electron chi connectivity index (χ4n) is 2.83. The Morgan fingerprint density at radius 1 is 1.40 bits per heavy atom. The van der Waals surface area contributed by atoms with Crippen molar-refractivity contribution in [3.63, 3.8) is 0 Å². The van der Waals surface area contributed by atoms with Crippen LogP contribution < -0.4 is 10.6 Å². The molecule has 110 valence electrons. The third-order valence-corrected chi connectivity index (χ3v) is 4.23. The number of carbonyl (C=O) groups excluding carboxylic acids is 1. The van der Waals surface area contributed by atoms with Crippen LogP contribution in [0.5, 0.6) is 0 Å². The largest absolute Gasteiger partial charge is 0.351 e. The highest BCUT2D eigenvalue weighted by molar-refractivity contribution is 5.89. The lowest BCUT2D eigenvalue weighted by molar-refractivity contribution is 0.229. The Kier molecular flexibility index (Phi) is 3.91. The molecule has 2 amide bonds. The summed E-state index contributed by atoms with van der Waals surface area (Å²) in [5, 5.41) is 7.24. The number of H-pyrrole nitrogens is 1. The van der Waals surface area contributed by atoms with Crippen molar-refractivity contribution in [1.29, 1.82) is 0 Å². The summed E-state index contributed by atoms with van der Waals surface area (Å²) in [6, 6.07) is 1.56. The molecule has 1 aliphatic heterocycles. The second kappa shape index (κ2) is 5.83. The first-order valence-corrected chi connectivity index (χ1v) is 7.58. The van der Waals surface area contributed by atoms with Crippen LogP contribution in [0.2, 0.25) is 0 Å². The molecule has 1 saturated carbocycles. The van der Waals surface area contributed by atoms with E-state index in [-0.39, 0.29) is 0 Å². The molecular weight excluding hydrogens is 254 g/mol. The minimum atomic E-state index is -0.409. The standard InChI is InChI=1S/C14H23N5O/c15-14(20)19(9-8-18-6-2-1-3-7-18)13-10-12(16-17-13)11-4-5-11/h10-11H,1-9H2,(H2,15,20)(H,16,17). The zero-order valence-electron chi connectivity index (χ0n) is 11.8. The maximum absolute atomic E-state index is 11.6. The zero-order valence-corrected chi connectivity index (χ0v) is 11.8. The molecule has 1 saturated heterocycles. The molecular formula is C14H23N5O. The number of aromatic amines is 1. The average molecular weight is 277 g/mol. The molecule has 0 atom stereocenters. The predicted octanol–water partition coefficient (Wildman–Crippen LogP) is 1.66. The Morgan fingerprint density at radius 3 is 2.80 bits per heavy atom. The van der Waals surface area contributed by atoms with Crippen molar-refractivity contribution in [2.45, 2.75) is 38.0 Å². The zero-order chi connectivity index (χ0) is 13.9. The molecule has 2 fully saturated rings. The van der Waals surface area contributed by atoms with E-state index in [1.165, 1.54) is 32.1 Å². The lowest BCUT2D eigenvalue weighted by atomic mass is 10.1. The van der Waals surface area contributed by atoms with E-state index in [1.807, 2.05) is 6.07 Å². The third kappa shape index (κ3) is 3.12. The SMILES string of the molecule is NC(=O)N(CCN1CCCCC1)c1cc(C2CC2)n[nH]1. The minimum absolute atomic E-state index is 0.409. The Morgan fingerprint density at radius 2 is 2.15 bits per heavy atom. The third-order valence-electron chi connectivity index (χ3n) is 4.23. The maximum Gasteiger partial charge on any atom is 0.320 e. The molecule has 6 nitrogen and oxygen atoms in total. The highest BCUT2D eigenvalue weighted by Gasteiger charge is 2.27. The number of amides is 2. The van der Waals surface area contributed by atoms with Gasteiger partial charge in [0.25, 0.3) is 0 Å². The topological polar surface area (TPSA) is 78.2 Å². The molecule has 1 aliphatic carbocycles. The average Bonchev–Trinajstić information content (AvgIpc) is 3.19. The van der Waals surface area contributed by atoms with Gasteiger partial charge < -0.3 is 10.6 Å². The Bertz CT molecular complexity index is 462. The summed E-state index contributed by atoms with van der Waals surface area (Å²) in [5.41, 5.74) is 6.57. The summed E-state index contributed by atoms with van der Waals surface area (Å²) in [6.45, 7) is 3.76. The fourth-order valence-corrected chi connectivity index (χ4v) is 2.83. The van der Waals surface area contributed by atoms with Gasteiger partial charge in [0, 0.05) is 25.1 Å². The quantitative estimate of drug-likeness (QED) is 0.859. The van der Waals surface area contributed by atoms with Crippen LogP contribution in [0, 0.1) is 0 Å². The van der Waals surface area contributed by atoms with E-state index in [2.05, 4.69) is 15.1 Å². The Hall–Kier alpha value is -1.56. The number of primary amides is 1. The van der Waals surface area contributed by atoms with E-state index in [9.17, 15) is 4.79 Å². The van der Waals surface area contributed by atoms with E-state index in [0.717, 1.165) is 31.1 Å². The van der Waals surface area contributed by atoms with Crippen molar-refractivity contribution in [2.75, 3.05) is 31.1 Å². The van der Waals surface area contributed by atoms with Gasteiger partial charge in [0.2, 0.25) is 0 Å². The molecule has 3 rings (SSSR count). The van der Waals surface area contributed by atoms with Crippen LogP contribution in [0.1, 0.15) is 43.7 Å². The van der Waals surface area contributed by atoms with Crippen molar-refractivity contribution < 1.29 is 4.79 Å². The number of piperidine rings is 1. The second-order valence-electron chi connectivity index (χ2n) is 5.84. The first-order chi connectivity index (χ1) is 9.74. The van der Waals surface area contributed by atoms with Gasteiger partial charge in [-0.2, -0.15) is 5.10 Å². The van der Waals surface area contributed by atoms with Crippen LogP contribution in [0.25, 0.3) is 0 Å². The van der Waals surface area contributed by atoms with Gasteiger partial charge in [0.05, 0.1) is 5.69 Å². The van der Waals surface area contributed by atoms with Crippen molar-refractivity contribution in [2.24, 2.45) is 5.73 Å². The van der Waals surface area contributed by atoms with Gasteiger partial charge in [-0.3, -0.25) is 10.00 Å². The Labute approximate surface area is 119 Å². The van der Waals surface area contributed by atoms with Crippen LogP contribution in [0.4, 0.5) is 10.6 Å². The number of urea groups is 1. The number of rotatable bonds is 5. The van der Waals surface area contributed by atoms with Gasteiger partial charge in [0.1, 0.15) is 5.82 Å². The normalized spacial score (nSPS) is 20.0. The molecule has 2 heterocycles. The summed E-state index contributed by atoms with van der Waals surface area (Å²) in [7, 11) is 0. The molecule has 0 spiro atoms. The highest BCUT2D eigenvalue weighted by atomic mass is 16.2. The summed E-state index contributed by atoms with van der Waals surface area (Å²) < 4.78 is 0. The monoisotopic (exact) mass is 277 g/mol. The smallest absolute Gasteiger partial charge is 0.320 e. The molecule has 0 bridgehead atoms.